The number of aliphatic hydroxyl groups excluding tert-OH is 1. The second-order valence-electron chi connectivity index (χ2n) is 11.4. The van der Waals surface area contributed by atoms with Crippen molar-refractivity contribution in [3.8, 4) is 0 Å². The summed E-state index contributed by atoms with van der Waals surface area (Å²) in [6.45, 7) is 2.95. The molecule has 7 rings (SSSR count). The monoisotopic (exact) mass is 437 g/mol. The molecule has 0 aromatic heterocycles. The molecule has 1 aromatic rings. The average Bonchev–Trinajstić information content (AvgIpc) is 2.79. The van der Waals surface area contributed by atoms with Crippen molar-refractivity contribution in [2.24, 2.45) is 23.2 Å². The first-order chi connectivity index (χ1) is 15.4. The van der Waals surface area contributed by atoms with Crippen molar-refractivity contribution in [3.05, 3.63) is 29.8 Å². The van der Waals surface area contributed by atoms with E-state index in [-0.39, 0.29) is 41.2 Å². The van der Waals surface area contributed by atoms with E-state index in [2.05, 4.69) is 22.5 Å². The van der Waals surface area contributed by atoms with Crippen LogP contribution < -0.4 is 10.6 Å². The van der Waals surface area contributed by atoms with E-state index in [9.17, 15) is 14.7 Å². The SMILES string of the molecule is C[C@@]12CC[C@@H](C[C@@H]1C(=O)N1CC[C@H](O)[C@H]3CCCC[C@@H]31)[C@]1(C2)NC(=O)c2ccccc2N1. The highest BCUT2D eigenvalue weighted by Crippen LogP contribution is 2.59. The fourth-order valence-electron chi connectivity index (χ4n) is 7.93. The van der Waals surface area contributed by atoms with Crippen LogP contribution in [0.25, 0.3) is 0 Å². The van der Waals surface area contributed by atoms with Crippen molar-refractivity contribution in [3.63, 3.8) is 0 Å². The molecule has 6 heteroatoms. The van der Waals surface area contributed by atoms with Gasteiger partial charge in [0.25, 0.3) is 5.91 Å². The predicted octanol–water partition coefficient (Wildman–Crippen LogP) is 3.52. The van der Waals surface area contributed by atoms with Gasteiger partial charge in [0.15, 0.2) is 0 Å². The summed E-state index contributed by atoms with van der Waals surface area (Å²) in [7, 11) is 0. The summed E-state index contributed by atoms with van der Waals surface area (Å²) >= 11 is 0. The normalized spacial score (nSPS) is 42.6. The predicted molar refractivity (Wildman–Crippen MR) is 122 cm³/mol. The van der Waals surface area contributed by atoms with Crippen LogP contribution >= 0.6 is 0 Å². The lowest BCUT2D eigenvalue weighted by atomic mass is 9.51. The number of piperidine rings is 1. The van der Waals surface area contributed by atoms with Crippen LogP contribution in [0.2, 0.25) is 0 Å². The molecule has 172 valence electrons. The van der Waals surface area contributed by atoms with E-state index in [1.807, 2.05) is 24.3 Å². The van der Waals surface area contributed by atoms with Gasteiger partial charge in [0.2, 0.25) is 5.91 Å². The van der Waals surface area contributed by atoms with Gasteiger partial charge in [0.1, 0.15) is 5.66 Å². The maximum atomic E-state index is 14.0. The average molecular weight is 438 g/mol. The highest BCUT2D eigenvalue weighted by atomic mass is 16.3. The minimum absolute atomic E-state index is 0.000525. The Bertz CT molecular complexity index is 950. The summed E-state index contributed by atoms with van der Waals surface area (Å²) in [5.74, 6) is 0.790. The number of amides is 2. The molecule has 2 aliphatic heterocycles. The Balaban J connectivity index is 1.26. The second-order valence-corrected chi connectivity index (χ2v) is 11.4. The molecule has 0 unspecified atom stereocenters. The van der Waals surface area contributed by atoms with E-state index in [1.165, 1.54) is 6.42 Å². The molecule has 4 aliphatic carbocycles. The van der Waals surface area contributed by atoms with Crippen LogP contribution in [0.5, 0.6) is 0 Å². The molecular formula is C26H35N3O3. The number of benzene rings is 1. The molecule has 3 N–H and O–H groups in total. The van der Waals surface area contributed by atoms with Gasteiger partial charge in [-0.1, -0.05) is 31.9 Å². The van der Waals surface area contributed by atoms with Crippen LogP contribution in [-0.4, -0.2) is 46.2 Å². The molecule has 1 spiro atoms. The number of anilines is 1. The lowest BCUT2D eigenvalue weighted by Crippen LogP contribution is -2.70. The third-order valence-electron chi connectivity index (χ3n) is 9.59. The van der Waals surface area contributed by atoms with E-state index >= 15 is 0 Å². The molecule has 32 heavy (non-hydrogen) atoms. The first-order valence-corrected chi connectivity index (χ1v) is 12.6. The molecule has 2 bridgehead atoms. The zero-order valence-corrected chi connectivity index (χ0v) is 19.0. The van der Waals surface area contributed by atoms with Crippen LogP contribution in [0.3, 0.4) is 0 Å². The maximum absolute atomic E-state index is 14.0. The summed E-state index contributed by atoms with van der Waals surface area (Å²) in [5, 5.41) is 17.6. The number of carbonyl (C=O) groups excluding carboxylic acids is 2. The lowest BCUT2D eigenvalue weighted by Gasteiger charge is -2.61. The molecule has 7 atom stereocenters. The molecule has 1 saturated heterocycles. The van der Waals surface area contributed by atoms with E-state index in [0.29, 0.717) is 24.4 Å². The number of rotatable bonds is 1. The number of nitrogens with one attached hydrogen (secondary N) is 2. The van der Waals surface area contributed by atoms with Crippen molar-refractivity contribution < 1.29 is 14.7 Å². The van der Waals surface area contributed by atoms with Gasteiger partial charge in [-0.15, -0.1) is 0 Å². The third-order valence-corrected chi connectivity index (χ3v) is 9.59. The Hall–Kier alpha value is -2.08. The Morgan fingerprint density at radius 3 is 2.78 bits per heavy atom. The molecule has 2 heterocycles. The Labute approximate surface area is 190 Å². The second kappa shape index (κ2) is 7.21. The summed E-state index contributed by atoms with van der Waals surface area (Å²) in [4.78, 5) is 29.1. The number of carbonyl (C=O) groups is 2. The van der Waals surface area contributed by atoms with Gasteiger partial charge in [-0.25, -0.2) is 0 Å². The molecule has 2 amide bonds. The smallest absolute Gasteiger partial charge is 0.255 e. The minimum atomic E-state index is -0.458. The van der Waals surface area contributed by atoms with Crippen LogP contribution in [-0.2, 0) is 4.79 Å². The van der Waals surface area contributed by atoms with Crippen molar-refractivity contribution >= 4 is 17.5 Å². The number of likely N-dealkylation sites (tertiary alicyclic amines) is 1. The van der Waals surface area contributed by atoms with E-state index in [0.717, 1.165) is 50.6 Å². The number of hydrogen-bond acceptors (Lipinski definition) is 4. The zero-order valence-electron chi connectivity index (χ0n) is 19.0. The molecule has 0 radical (unpaired) electrons. The Morgan fingerprint density at radius 2 is 1.94 bits per heavy atom. The fourth-order valence-corrected chi connectivity index (χ4v) is 7.93. The van der Waals surface area contributed by atoms with Gasteiger partial charge in [0, 0.05) is 36.0 Å². The number of hydrogen-bond donors (Lipinski definition) is 3. The van der Waals surface area contributed by atoms with E-state index in [1.54, 1.807) is 0 Å². The summed E-state index contributed by atoms with van der Waals surface area (Å²) in [6.07, 6.45) is 8.50. The fraction of sp³-hybridized carbons (Fsp3) is 0.692. The summed E-state index contributed by atoms with van der Waals surface area (Å²) in [6, 6.07) is 7.93. The topological polar surface area (TPSA) is 81.7 Å². The van der Waals surface area contributed by atoms with Crippen LogP contribution in [0.4, 0.5) is 5.69 Å². The first-order valence-electron chi connectivity index (χ1n) is 12.6. The number of aliphatic hydroxyl groups is 1. The maximum Gasteiger partial charge on any atom is 0.255 e. The van der Waals surface area contributed by atoms with Crippen LogP contribution in [0, 0.1) is 23.2 Å². The molecule has 1 aromatic carbocycles. The van der Waals surface area contributed by atoms with Crippen LogP contribution in [0.15, 0.2) is 24.3 Å². The number of fused-ring (bicyclic) bond motifs is 4. The molecule has 6 aliphatic rings. The minimum Gasteiger partial charge on any atom is -0.393 e. The van der Waals surface area contributed by atoms with Crippen molar-refractivity contribution in [2.75, 3.05) is 11.9 Å². The van der Waals surface area contributed by atoms with Crippen LogP contribution in [0.1, 0.15) is 75.1 Å². The lowest BCUT2D eigenvalue weighted by molar-refractivity contribution is -0.160. The van der Waals surface area contributed by atoms with Gasteiger partial charge >= 0.3 is 0 Å². The standard InChI is InChI=1S/C26H35N3O3/c1-25-12-10-16(26(15-25)27-20-8-4-2-6-17(20)23(31)28-26)14-19(25)24(32)29-13-11-22(30)18-7-3-5-9-21(18)29/h2,4,6,8,16,18-19,21-22,27,30H,3,5,7,9-15H2,1H3,(H,28,31)/t16-,18-,19+,21-,22-,25-,26-/m0/s1. The highest BCUT2D eigenvalue weighted by Gasteiger charge is 2.61. The van der Waals surface area contributed by atoms with Crippen molar-refractivity contribution in [1.82, 2.24) is 10.2 Å². The molecular weight excluding hydrogens is 402 g/mol. The first kappa shape index (κ1) is 20.5. The summed E-state index contributed by atoms with van der Waals surface area (Å²) < 4.78 is 0. The number of para-hydroxylation sites is 1. The van der Waals surface area contributed by atoms with Gasteiger partial charge in [-0.05, 0) is 62.5 Å². The van der Waals surface area contributed by atoms with E-state index in [4.69, 9.17) is 0 Å². The Morgan fingerprint density at radius 1 is 1.12 bits per heavy atom. The van der Waals surface area contributed by atoms with Crippen molar-refractivity contribution in [1.29, 1.82) is 0 Å². The van der Waals surface area contributed by atoms with E-state index < -0.39 is 5.66 Å². The molecule has 5 fully saturated rings. The number of nitrogens with zero attached hydrogens (tertiary/aromatic N) is 1. The van der Waals surface area contributed by atoms with Crippen molar-refractivity contribution in [2.45, 2.75) is 82.5 Å². The van der Waals surface area contributed by atoms with Gasteiger partial charge in [-0.3, -0.25) is 9.59 Å². The largest absolute Gasteiger partial charge is 0.393 e. The highest BCUT2D eigenvalue weighted by molar-refractivity contribution is 6.02. The summed E-state index contributed by atoms with van der Waals surface area (Å²) in [5.41, 5.74) is 1.01. The quantitative estimate of drug-likeness (QED) is 0.628. The Kier molecular flexibility index (Phi) is 4.62. The molecule has 6 nitrogen and oxygen atoms in total. The zero-order chi connectivity index (χ0) is 22.1. The van der Waals surface area contributed by atoms with Gasteiger partial charge < -0.3 is 20.6 Å². The third kappa shape index (κ3) is 2.94. The van der Waals surface area contributed by atoms with Gasteiger partial charge in [0.05, 0.1) is 11.7 Å². The van der Waals surface area contributed by atoms with Gasteiger partial charge in [-0.2, -0.15) is 0 Å². The molecule has 4 saturated carbocycles.